The van der Waals surface area contributed by atoms with Crippen molar-refractivity contribution in [1.82, 2.24) is 4.98 Å². The van der Waals surface area contributed by atoms with Crippen LogP contribution < -0.4 is 0 Å². The van der Waals surface area contributed by atoms with E-state index in [2.05, 4.69) is 16.8 Å². The Labute approximate surface area is 114 Å². The number of pyridine rings is 1. The Morgan fingerprint density at radius 3 is 2.89 bits per heavy atom. The standard InChI is InChI=1S/C12H10ClNO3S/c1-8(15)18-5-3-2-4-9-6-10(12(16)17)7-14-11(9)13/h6-7H,3,5H2,1H3,(H,16,17). The van der Waals surface area contributed by atoms with E-state index in [1.54, 1.807) is 0 Å². The molecule has 1 N–H and O–H groups in total. The number of hydrogen-bond donors (Lipinski definition) is 1. The van der Waals surface area contributed by atoms with E-state index in [0.29, 0.717) is 17.7 Å². The van der Waals surface area contributed by atoms with Gasteiger partial charge in [-0.15, -0.1) is 0 Å². The smallest absolute Gasteiger partial charge is 0.337 e. The zero-order valence-corrected chi connectivity index (χ0v) is 11.1. The van der Waals surface area contributed by atoms with Crippen LogP contribution in [0.2, 0.25) is 5.15 Å². The molecule has 0 radical (unpaired) electrons. The van der Waals surface area contributed by atoms with E-state index in [0.717, 1.165) is 0 Å². The van der Waals surface area contributed by atoms with Crippen molar-refractivity contribution in [3.8, 4) is 11.8 Å². The van der Waals surface area contributed by atoms with Gasteiger partial charge < -0.3 is 5.11 Å². The Balaban J connectivity index is 2.71. The predicted molar refractivity (Wildman–Crippen MR) is 70.8 cm³/mol. The summed E-state index contributed by atoms with van der Waals surface area (Å²) in [6.07, 6.45) is 1.71. The number of thioether (sulfide) groups is 1. The molecule has 1 aromatic rings. The van der Waals surface area contributed by atoms with Gasteiger partial charge in [0, 0.05) is 25.3 Å². The SMILES string of the molecule is CC(=O)SCCC#Cc1cc(C(=O)O)cnc1Cl. The fourth-order valence-corrected chi connectivity index (χ4v) is 1.70. The Kier molecular flexibility index (Phi) is 5.69. The van der Waals surface area contributed by atoms with Gasteiger partial charge in [-0.1, -0.05) is 35.2 Å². The molecule has 1 heterocycles. The molecule has 1 rings (SSSR count). The average Bonchev–Trinajstić information content (AvgIpc) is 2.30. The maximum atomic E-state index is 10.7. The summed E-state index contributed by atoms with van der Waals surface area (Å²) in [6, 6.07) is 1.38. The van der Waals surface area contributed by atoms with Crippen molar-refractivity contribution in [2.24, 2.45) is 0 Å². The summed E-state index contributed by atoms with van der Waals surface area (Å²) < 4.78 is 0. The van der Waals surface area contributed by atoms with E-state index in [1.165, 1.54) is 30.9 Å². The van der Waals surface area contributed by atoms with Crippen LogP contribution in [-0.2, 0) is 4.79 Å². The number of hydrogen-bond acceptors (Lipinski definition) is 4. The maximum Gasteiger partial charge on any atom is 0.337 e. The quantitative estimate of drug-likeness (QED) is 0.524. The third-order valence-electron chi connectivity index (χ3n) is 1.84. The lowest BCUT2D eigenvalue weighted by atomic mass is 10.2. The van der Waals surface area contributed by atoms with Crippen molar-refractivity contribution in [1.29, 1.82) is 0 Å². The summed E-state index contributed by atoms with van der Waals surface area (Å²) in [5.74, 6) is 5.10. The van der Waals surface area contributed by atoms with Crippen molar-refractivity contribution in [2.75, 3.05) is 5.75 Å². The molecule has 0 aliphatic heterocycles. The summed E-state index contributed by atoms with van der Waals surface area (Å²) in [6.45, 7) is 1.50. The van der Waals surface area contributed by atoms with Crippen LogP contribution in [0.5, 0.6) is 0 Å². The minimum Gasteiger partial charge on any atom is -0.478 e. The molecule has 0 aliphatic rings. The molecule has 94 valence electrons. The molecule has 6 heteroatoms. The fraction of sp³-hybridized carbons (Fsp3) is 0.250. The number of carbonyl (C=O) groups is 2. The van der Waals surface area contributed by atoms with Crippen LogP contribution in [-0.4, -0.2) is 26.9 Å². The van der Waals surface area contributed by atoms with Crippen LogP contribution in [0.25, 0.3) is 0 Å². The number of nitrogens with zero attached hydrogens (tertiary/aromatic N) is 1. The number of rotatable bonds is 3. The molecule has 0 saturated carbocycles. The van der Waals surface area contributed by atoms with Crippen LogP contribution >= 0.6 is 23.4 Å². The van der Waals surface area contributed by atoms with Gasteiger partial charge in [-0.25, -0.2) is 9.78 Å². The predicted octanol–water partition coefficient (Wildman–Crippen LogP) is 2.45. The molecule has 0 unspecified atom stereocenters. The zero-order chi connectivity index (χ0) is 13.5. The first kappa shape index (κ1) is 14.6. The topological polar surface area (TPSA) is 67.3 Å². The molecule has 0 spiro atoms. The van der Waals surface area contributed by atoms with Crippen molar-refractivity contribution >= 4 is 34.4 Å². The highest BCUT2D eigenvalue weighted by Gasteiger charge is 2.06. The third-order valence-corrected chi connectivity index (χ3v) is 2.96. The van der Waals surface area contributed by atoms with Crippen molar-refractivity contribution in [3.63, 3.8) is 0 Å². The first-order valence-electron chi connectivity index (χ1n) is 5.02. The van der Waals surface area contributed by atoms with Gasteiger partial charge in [0.25, 0.3) is 0 Å². The molecular weight excluding hydrogens is 274 g/mol. The van der Waals surface area contributed by atoms with Gasteiger partial charge in [-0.2, -0.15) is 0 Å². The molecule has 0 amide bonds. The van der Waals surface area contributed by atoms with Gasteiger partial charge in [0.15, 0.2) is 5.12 Å². The molecule has 4 nitrogen and oxygen atoms in total. The Bertz CT molecular complexity index is 534. The normalized spacial score (nSPS) is 9.44. The number of aromatic carboxylic acids is 1. The summed E-state index contributed by atoms with van der Waals surface area (Å²) in [5.41, 5.74) is 0.422. The van der Waals surface area contributed by atoms with Gasteiger partial charge in [-0.05, 0) is 6.07 Å². The summed E-state index contributed by atoms with van der Waals surface area (Å²) in [4.78, 5) is 25.2. The van der Waals surface area contributed by atoms with E-state index in [4.69, 9.17) is 16.7 Å². The van der Waals surface area contributed by atoms with Gasteiger partial charge >= 0.3 is 5.97 Å². The lowest BCUT2D eigenvalue weighted by Gasteiger charge is -1.97. The molecule has 0 atom stereocenters. The lowest BCUT2D eigenvalue weighted by Crippen LogP contribution is -1.98. The Morgan fingerprint density at radius 1 is 1.56 bits per heavy atom. The van der Waals surface area contributed by atoms with Crippen LogP contribution in [0.4, 0.5) is 0 Å². The van der Waals surface area contributed by atoms with E-state index in [-0.39, 0.29) is 15.8 Å². The Hall–Kier alpha value is -1.51. The van der Waals surface area contributed by atoms with Crippen molar-refractivity contribution in [2.45, 2.75) is 13.3 Å². The molecule has 18 heavy (non-hydrogen) atoms. The van der Waals surface area contributed by atoms with Gasteiger partial charge in [0.2, 0.25) is 0 Å². The first-order chi connectivity index (χ1) is 8.50. The number of aromatic nitrogens is 1. The highest BCUT2D eigenvalue weighted by Crippen LogP contribution is 2.13. The van der Waals surface area contributed by atoms with Crippen LogP contribution in [0.15, 0.2) is 12.3 Å². The average molecular weight is 284 g/mol. The monoisotopic (exact) mass is 283 g/mol. The third kappa shape index (κ3) is 4.78. The molecule has 0 fully saturated rings. The highest BCUT2D eigenvalue weighted by molar-refractivity contribution is 8.13. The van der Waals surface area contributed by atoms with Crippen LogP contribution in [0, 0.1) is 11.8 Å². The summed E-state index contributed by atoms with van der Waals surface area (Å²) >= 11 is 6.99. The summed E-state index contributed by atoms with van der Waals surface area (Å²) in [5, 5.41) is 9.02. The Morgan fingerprint density at radius 2 is 2.28 bits per heavy atom. The second-order valence-corrected chi connectivity index (χ2v) is 4.89. The van der Waals surface area contributed by atoms with E-state index < -0.39 is 5.97 Å². The van der Waals surface area contributed by atoms with Gasteiger partial charge in [-0.3, -0.25) is 4.79 Å². The van der Waals surface area contributed by atoms with Gasteiger partial charge in [0.05, 0.1) is 11.1 Å². The van der Waals surface area contributed by atoms with Crippen LogP contribution in [0.3, 0.4) is 0 Å². The largest absolute Gasteiger partial charge is 0.478 e. The highest BCUT2D eigenvalue weighted by atomic mass is 35.5. The zero-order valence-electron chi connectivity index (χ0n) is 9.57. The molecule has 0 saturated heterocycles. The fourth-order valence-electron chi connectivity index (χ4n) is 1.06. The number of carboxylic acids is 1. The van der Waals surface area contributed by atoms with E-state index >= 15 is 0 Å². The minimum absolute atomic E-state index is 0.0433. The maximum absolute atomic E-state index is 10.7. The second kappa shape index (κ2) is 7.04. The minimum atomic E-state index is -1.07. The second-order valence-electron chi connectivity index (χ2n) is 3.26. The van der Waals surface area contributed by atoms with Crippen molar-refractivity contribution < 1.29 is 14.7 Å². The molecule has 1 aromatic heterocycles. The van der Waals surface area contributed by atoms with E-state index in [1.807, 2.05) is 0 Å². The van der Waals surface area contributed by atoms with E-state index in [9.17, 15) is 9.59 Å². The number of carboxylic acid groups (broad SMARTS) is 1. The van der Waals surface area contributed by atoms with Crippen LogP contribution in [0.1, 0.15) is 29.3 Å². The number of carbonyl (C=O) groups excluding carboxylic acids is 1. The first-order valence-corrected chi connectivity index (χ1v) is 6.38. The molecule has 0 aliphatic carbocycles. The lowest BCUT2D eigenvalue weighted by molar-refractivity contribution is -0.109. The molecule has 0 aromatic carbocycles. The van der Waals surface area contributed by atoms with Gasteiger partial charge in [0.1, 0.15) is 5.15 Å². The summed E-state index contributed by atoms with van der Waals surface area (Å²) in [7, 11) is 0. The molecular formula is C12H10ClNO3S. The molecule has 0 bridgehead atoms. The van der Waals surface area contributed by atoms with Crippen molar-refractivity contribution in [3.05, 3.63) is 28.5 Å². The number of halogens is 1.